The topological polar surface area (TPSA) is 23.5 Å². The highest BCUT2D eigenvalue weighted by molar-refractivity contribution is 5.23. The van der Waals surface area contributed by atoms with Crippen LogP contribution in [0.3, 0.4) is 0 Å². The first-order valence-corrected chi connectivity index (χ1v) is 5.29. The van der Waals surface area contributed by atoms with Crippen molar-refractivity contribution in [3.63, 3.8) is 0 Å². The molecule has 1 aliphatic carbocycles. The second-order valence-corrected chi connectivity index (χ2v) is 4.56. The van der Waals surface area contributed by atoms with Crippen molar-refractivity contribution in [3.05, 3.63) is 11.3 Å². The molecular formula is C11H19NO. The normalized spacial score (nSPS) is 34.8. The third-order valence-corrected chi connectivity index (χ3v) is 3.34. The third-order valence-electron chi connectivity index (χ3n) is 3.34. The van der Waals surface area contributed by atoms with E-state index >= 15 is 0 Å². The molecule has 1 heterocycles. The van der Waals surface area contributed by atoms with Gasteiger partial charge in [0.25, 0.3) is 0 Å². The number of aliphatic hydroxyl groups is 1. The van der Waals surface area contributed by atoms with E-state index in [4.69, 9.17) is 0 Å². The highest BCUT2D eigenvalue weighted by Crippen LogP contribution is 2.35. The summed E-state index contributed by atoms with van der Waals surface area (Å²) in [4.78, 5) is 2.33. The molecule has 0 amide bonds. The van der Waals surface area contributed by atoms with Gasteiger partial charge in [0.2, 0.25) is 0 Å². The summed E-state index contributed by atoms with van der Waals surface area (Å²) in [7, 11) is 2.15. The monoisotopic (exact) mass is 181 g/mol. The average Bonchev–Trinajstić information content (AvgIpc) is 2.07. The van der Waals surface area contributed by atoms with Crippen molar-refractivity contribution in [2.75, 3.05) is 13.6 Å². The molecule has 2 aliphatic rings. The molecule has 74 valence electrons. The van der Waals surface area contributed by atoms with Gasteiger partial charge in [-0.2, -0.15) is 0 Å². The molecule has 1 aliphatic heterocycles. The van der Waals surface area contributed by atoms with Gasteiger partial charge >= 0.3 is 0 Å². The van der Waals surface area contributed by atoms with E-state index in [-0.39, 0.29) is 6.10 Å². The molecule has 0 radical (unpaired) electrons. The fourth-order valence-corrected chi connectivity index (χ4v) is 2.61. The van der Waals surface area contributed by atoms with Crippen LogP contribution < -0.4 is 0 Å². The highest BCUT2D eigenvalue weighted by atomic mass is 16.3. The molecule has 0 aromatic rings. The first-order chi connectivity index (χ1) is 6.18. The van der Waals surface area contributed by atoms with Gasteiger partial charge in [0, 0.05) is 19.3 Å². The molecule has 0 fully saturated rings. The Balaban J connectivity index is 2.27. The molecule has 1 N–H and O–H groups in total. The van der Waals surface area contributed by atoms with E-state index in [0.717, 1.165) is 19.4 Å². The van der Waals surface area contributed by atoms with E-state index in [0.29, 0.717) is 5.92 Å². The molecule has 2 unspecified atom stereocenters. The Labute approximate surface area is 80.2 Å². The molecule has 0 spiro atoms. The number of rotatable bonds is 0. The Morgan fingerprint density at radius 2 is 2.23 bits per heavy atom. The van der Waals surface area contributed by atoms with Gasteiger partial charge in [-0.3, -0.25) is 0 Å². The largest absolute Gasteiger partial charge is 0.389 e. The van der Waals surface area contributed by atoms with Gasteiger partial charge in [-0.1, -0.05) is 6.92 Å². The van der Waals surface area contributed by atoms with Gasteiger partial charge in [-0.05, 0) is 37.2 Å². The zero-order valence-corrected chi connectivity index (χ0v) is 8.58. The Morgan fingerprint density at radius 1 is 1.46 bits per heavy atom. The second-order valence-electron chi connectivity index (χ2n) is 4.56. The maximum absolute atomic E-state index is 9.91. The zero-order valence-electron chi connectivity index (χ0n) is 8.58. The first-order valence-electron chi connectivity index (χ1n) is 5.29. The van der Waals surface area contributed by atoms with Crippen LogP contribution in [0.4, 0.5) is 0 Å². The fourth-order valence-electron chi connectivity index (χ4n) is 2.61. The lowest BCUT2D eigenvalue weighted by molar-refractivity contribution is 0.143. The average molecular weight is 181 g/mol. The predicted molar refractivity (Wildman–Crippen MR) is 53.3 cm³/mol. The minimum atomic E-state index is -0.151. The summed E-state index contributed by atoms with van der Waals surface area (Å²) in [6.45, 7) is 3.40. The highest BCUT2D eigenvalue weighted by Gasteiger charge is 2.29. The number of allylic oxidation sites excluding steroid dienone is 1. The lowest BCUT2D eigenvalue weighted by Crippen LogP contribution is -2.34. The maximum Gasteiger partial charge on any atom is 0.0772 e. The van der Waals surface area contributed by atoms with Crippen molar-refractivity contribution in [3.8, 4) is 0 Å². The molecule has 0 aromatic carbocycles. The van der Waals surface area contributed by atoms with E-state index in [9.17, 15) is 5.11 Å². The quantitative estimate of drug-likeness (QED) is 0.615. The summed E-state index contributed by atoms with van der Waals surface area (Å²) >= 11 is 0. The van der Waals surface area contributed by atoms with Gasteiger partial charge < -0.3 is 10.0 Å². The van der Waals surface area contributed by atoms with Gasteiger partial charge in [0.15, 0.2) is 0 Å². The summed E-state index contributed by atoms with van der Waals surface area (Å²) in [6, 6.07) is 0. The second kappa shape index (κ2) is 3.33. The van der Waals surface area contributed by atoms with Crippen LogP contribution in [-0.4, -0.2) is 29.7 Å². The Bertz CT molecular complexity index is 234. The van der Waals surface area contributed by atoms with Crippen molar-refractivity contribution in [2.45, 2.75) is 38.7 Å². The minimum Gasteiger partial charge on any atom is -0.389 e. The lowest BCUT2D eigenvalue weighted by Gasteiger charge is -2.38. The van der Waals surface area contributed by atoms with Crippen LogP contribution in [0.25, 0.3) is 0 Å². The maximum atomic E-state index is 9.91. The summed E-state index contributed by atoms with van der Waals surface area (Å²) in [5.41, 5.74) is 2.75. The van der Waals surface area contributed by atoms with E-state index in [1.54, 1.807) is 0 Å². The van der Waals surface area contributed by atoms with Crippen molar-refractivity contribution in [1.29, 1.82) is 0 Å². The van der Waals surface area contributed by atoms with Gasteiger partial charge in [-0.15, -0.1) is 0 Å². The van der Waals surface area contributed by atoms with Crippen LogP contribution in [0.1, 0.15) is 32.6 Å². The molecule has 2 nitrogen and oxygen atoms in total. The Morgan fingerprint density at radius 3 is 3.00 bits per heavy atom. The van der Waals surface area contributed by atoms with Crippen molar-refractivity contribution in [1.82, 2.24) is 4.90 Å². The minimum absolute atomic E-state index is 0.151. The number of hydrogen-bond acceptors (Lipinski definition) is 2. The molecule has 0 saturated heterocycles. The lowest BCUT2D eigenvalue weighted by atomic mass is 9.82. The Kier molecular flexibility index (Phi) is 2.33. The van der Waals surface area contributed by atoms with E-state index < -0.39 is 0 Å². The van der Waals surface area contributed by atoms with Gasteiger partial charge in [0.1, 0.15) is 0 Å². The zero-order chi connectivity index (χ0) is 9.42. The number of hydrogen-bond donors (Lipinski definition) is 1. The predicted octanol–water partition coefficient (Wildman–Crippen LogP) is 1.76. The van der Waals surface area contributed by atoms with Crippen LogP contribution in [0.2, 0.25) is 0 Å². The standard InChI is InChI=1S/C11H19NO/c1-8-6-10-9(11(13)7-8)4-3-5-12(10)2/h8,11,13H,3-7H2,1-2H3. The fraction of sp³-hybridized carbons (Fsp3) is 0.818. The van der Waals surface area contributed by atoms with E-state index in [1.165, 1.54) is 24.1 Å². The Hall–Kier alpha value is -0.500. The van der Waals surface area contributed by atoms with Crippen LogP contribution in [-0.2, 0) is 0 Å². The molecule has 13 heavy (non-hydrogen) atoms. The van der Waals surface area contributed by atoms with E-state index in [2.05, 4.69) is 18.9 Å². The molecule has 0 aromatic heterocycles. The van der Waals surface area contributed by atoms with Crippen molar-refractivity contribution < 1.29 is 5.11 Å². The van der Waals surface area contributed by atoms with Crippen LogP contribution in [0.5, 0.6) is 0 Å². The molecule has 0 saturated carbocycles. The van der Waals surface area contributed by atoms with E-state index in [1.807, 2.05) is 0 Å². The van der Waals surface area contributed by atoms with Crippen LogP contribution in [0, 0.1) is 5.92 Å². The summed E-state index contributed by atoms with van der Waals surface area (Å²) in [5, 5.41) is 9.91. The third kappa shape index (κ3) is 1.60. The van der Waals surface area contributed by atoms with Crippen LogP contribution in [0.15, 0.2) is 11.3 Å². The molecule has 2 rings (SSSR count). The van der Waals surface area contributed by atoms with Crippen molar-refractivity contribution >= 4 is 0 Å². The number of aliphatic hydroxyl groups excluding tert-OH is 1. The summed E-state index contributed by atoms with van der Waals surface area (Å²) in [5.74, 6) is 0.647. The van der Waals surface area contributed by atoms with Gasteiger partial charge in [0.05, 0.1) is 6.10 Å². The SMILES string of the molecule is CC1CC2=C(CCCN2C)C(O)C1. The summed E-state index contributed by atoms with van der Waals surface area (Å²) in [6.07, 6.45) is 4.31. The number of nitrogens with zero attached hydrogens (tertiary/aromatic N) is 1. The smallest absolute Gasteiger partial charge is 0.0772 e. The van der Waals surface area contributed by atoms with Crippen molar-refractivity contribution in [2.24, 2.45) is 5.92 Å². The first kappa shape index (κ1) is 9.07. The van der Waals surface area contributed by atoms with Gasteiger partial charge in [-0.25, -0.2) is 0 Å². The molecule has 2 atom stereocenters. The summed E-state index contributed by atoms with van der Waals surface area (Å²) < 4.78 is 0. The molecule has 2 heteroatoms. The van der Waals surface area contributed by atoms with Crippen LogP contribution >= 0.6 is 0 Å². The molecule has 0 bridgehead atoms. The molecular weight excluding hydrogens is 162 g/mol.